The zero-order valence-corrected chi connectivity index (χ0v) is 8.25. The molecule has 2 rings (SSSR count). The highest BCUT2D eigenvalue weighted by atomic mass is 16.8. The van der Waals surface area contributed by atoms with Crippen molar-refractivity contribution in [1.29, 1.82) is 0 Å². The number of carbonyl (C=O) groups is 2. The van der Waals surface area contributed by atoms with E-state index >= 15 is 0 Å². The molecule has 0 radical (unpaired) electrons. The summed E-state index contributed by atoms with van der Waals surface area (Å²) in [6.45, 7) is 0.181. The summed E-state index contributed by atoms with van der Waals surface area (Å²) in [6.07, 6.45) is 3.01. The quantitative estimate of drug-likeness (QED) is 0.596. The van der Waals surface area contributed by atoms with Gasteiger partial charge in [0.15, 0.2) is 0 Å². The van der Waals surface area contributed by atoms with Crippen molar-refractivity contribution in [3.8, 4) is 0 Å². The Morgan fingerprint density at radius 1 is 1.56 bits per heavy atom. The van der Waals surface area contributed by atoms with E-state index in [4.69, 9.17) is 9.36 Å². The van der Waals surface area contributed by atoms with Crippen LogP contribution in [0.3, 0.4) is 0 Å². The van der Waals surface area contributed by atoms with Crippen molar-refractivity contribution in [2.45, 2.75) is 6.42 Å². The van der Waals surface area contributed by atoms with Crippen molar-refractivity contribution in [1.82, 2.24) is 10.4 Å². The van der Waals surface area contributed by atoms with Gasteiger partial charge < -0.3 is 4.42 Å². The predicted octanol–water partition coefficient (Wildman–Crippen LogP) is 0.487. The minimum Gasteiger partial charge on any atom is -0.463 e. The first kappa shape index (κ1) is 10.2. The number of imide groups is 1. The van der Waals surface area contributed by atoms with Crippen molar-refractivity contribution < 1.29 is 18.9 Å². The molecule has 0 saturated carbocycles. The summed E-state index contributed by atoms with van der Waals surface area (Å²) in [5.74, 6) is 0.188. The zero-order valence-electron chi connectivity index (χ0n) is 8.25. The summed E-state index contributed by atoms with van der Waals surface area (Å²) in [4.78, 5) is 26.8. The standard InChI is InChI=1S/C9H9N3O4/c13-8-3-4-12(9(14)11-8)16-10-6-7-2-1-5-15-7/h1-2,5-6H,3-4H2,(H,11,13,14). The van der Waals surface area contributed by atoms with E-state index in [9.17, 15) is 9.59 Å². The Balaban J connectivity index is 1.86. The van der Waals surface area contributed by atoms with E-state index in [1.54, 1.807) is 12.1 Å². The number of nitrogens with one attached hydrogen (secondary N) is 1. The third kappa shape index (κ3) is 2.38. The van der Waals surface area contributed by atoms with Gasteiger partial charge in [-0.1, -0.05) is 5.16 Å². The van der Waals surface area contributed by atoms with E-state index in [1.165, 1.54) is 12.5 Å². The van der Waals surface area contributed by atoms with Crippen LogP contribution in [0, 0.1) is 0 Å². The molecule has 0 atom stereocenters. The van der Waals surface area contributed by atoms with Crippen molar-refractivity contribution in [3.05, 3.63) is 24.2 Å². The largest absolute Gasteiger partial charge is 0.463 e. The number of amides is 3. The lowest BCUT2D eigenvalue weighted by Gasteiger charge is -2.21. The van der Waals surface area contributed by atoms with Crippen molar-refractivity contribution in [2.24, 2.45) is 5.16 Å². The second-order valence-electron chi connectivity index (χ2n) is 3.04. The Bertz CT molecular complexity index is 412. The minimum atomic E-state index is -0.618. The molecule has 16 heavy (non-hydrogen) atoms. The molecule has 1 aromatic heterocycles. The van der Waals surface area contributed by atoms with Crippen LogP contribution < -0.4 is 5.32 Å². The number of hydrogen-bond donors (Lipinski definition) is 1. The Morgan fingerprint density at radius 2 is 2.44 bits per heavy atom. The van der Waals surface area contributed by atoms with Gasteiger partial charge >= 0.3 is 6.03 Å². The first-order valence-corrected chi connectivity index (χ1v) is 4.61. The number of oxime groups is 1. The SMILES string of the molecule is O=C1CCN(ON=Cc2ccco2)C(=O)N1. The van der Waals surface area contributed by atoms with Crippen LogP contribution in [0.5, 0.6) is 0 Å². The number of nitrogens with zero attached hydrogens (tertiary/aromatic N) is 2. The van der Waals surface area contributed by atoms with Gasteiger partial charge in [0.1, 0.15) is 12.0 Å². The maximum absolute atomic E-state index is 11.2. The molecule has 2 heterocycles. The second-order valence-corrected chi connectivity index (χ2v) is 3.04. The smallest absolute Gasteiger partial charge is 0.359 e. The van der Waals surface area contributed by atoms with Crippen molar-refractivity contribution in [3.63, 3.8) is 0 Å². The number of urea groups is 1. The average molecular weight is 223 g/mol. The number of hydroxylamine groups is 2. The fourth-order valence-corrected chi connectivity index (χ4v) is 1.12. The van der Waals surface area contributed by atoms with Gasteiger partial charge in [-0.2, -0.15) is 0 Å². The average Bonchev–Trinajstić information content (AvgIpc) is 2.74. The Morgan fingerprint density at radius 3 is 3.12 bits per heavy atom. The topological polar surface area (TPSA) is 84.1 Å². The van der Waals surface area contributed by atoms with E-state index in [1.807, 2.05) is 0 Å². The van der Waals surface area contributed by atoms with Gasteiger partial charge in [-0.3, -0.25) is 15.0 Å². The second kappa shape index (κ2) is 4.47. The lowest BCUT2D eigenvalue weighted by Crippen LogP contribution is -2.48. The van der Waals surface area contributed by atoms with Crippen LogP contribution in [-0.4, -0.2) is 29.8 Å². The van der Waals surface area contributed by atoms with Crippen molar-refractivity contribution >= 4 is 18.2 Å². The molecule has 1 aliphatic rings. The third-order valence-corrected chi connectivity index (χ3v) is 1.88. The molecule has 0 aromatic carbocycles. The van der Waals surface area contributed by atoms with Crippen LogP contribution in [0.1, 0.15) is 12.2 Å². The molecule has 7 nitrogen and oxygen atoms in total. The highest BCUT2D eigenvalue weighted by Crippen LogP contribution is 2.02. The number of furan rings is 1. The molecule has 1 aromatic rings. The molecule has 1 saturated heterocycles. The minimum absolute atomic E-state index is 0.181. The lowest BCUT2D eigenvalue weighted by molar-refractivity contribution is -0.141. The van der Waals surface area contributed by atoms with Gasteiger partial charge in [0, 0.05) is 6.42 Å². The third-order valence-electron chi connectivity index (χ3n) is 1.88. The molecule has 84 valence electrons. The fraction of sp³-hybridized carbons (Fsp3) is 0.222. The number of hydrogen-bond acceptors (Lipinski definition) is 5. The van der Waals surface area contributed by atoms with E-state index in [0.717, 1.165) is 5.06 Å². The van der Waals surface area contributed by atoms with E-state index in [2.05, 4.69) is 10.5 Å². The van der Waals surface area contributed by atoms with Crippen LogP contribution in [0.2, 0.25) is 0 Å². The van der Waals surface area contributed by atoms with Gasteiger partial charge in [-0.25, -0.2) is 4.79 Å². The zero-order chi connectivity index (χ0) is 11.4. The van der Waals surface area contributed by atoms with E-state index in [0.29, 0.717) is 5.76 Å². The van der Waals surface area contributed by atoms with E-state index in [-0.39, 0.29) is 18.9 Å². The Labute approximate surface area is 90.6 Å². The summed E-state index contributed by atoms with van der Waals surface area (Å²) in [5.41, 5.74) is 0. The number of rotatable bonds is 3. The molecule has 0 unspecified atom stereocenters. The molecule has 0 bridgehead atoms. The first-order valence-electron chi connectivity index (χ1n) is 4.61. The van der Waals surface area contributed by atoms with Crippen LogP contribution in [0.25, 0.3) is 0 Å². The Kier molecular flexibility index (Phi) is 2.86. The monoisotopic (exact) mass is 223 g/mol. The molecule has 7 heteroatoms. The van der Waals surface area contributed by atoms with E-state index < -0.39 is 6.03 Å². The first-order chi connectivity index (χ1) is 7.75. The van der Waals surface area contributed by atoms with Gasteiger partial charge in [0.2, 0.25) is 5.91 Å². The molecule has 1 N–H and O–H groups in total. The van der Waals surface area contributed by atoms with Gasteiger partial charge in [-0.15, -0.1) is 5.06 Å². The van der Waals surface area contributed by atoms with Crippen LogP contribution >= 0.6 is 0 Å². The normalized spacial score (nSPS) is 16.6. The molecule has 1 fully saturated rings. The summed E-state index contributed by atoms with van der Waals surface area (Å²) < 4.78 is 4.96. The predicted molar refractivity (Wildman–Crippen MR) is 52.2 cm³/mol. The van der Waals surface area contributed by atoms with Crippen LogP contribution in [0.4, 0.5) is 4.79 Å². The van der Waals surface area contributed by atoms with Crippen LogP contribution in [-0.2, 0) is 9.73 Å². The Hall–Kier alpha value is -2.31. The highest BCUT2D eigenvalue weighted by molar-refractivity contribution is 5.96. The molecule has 0 aliphatic carbocycles. The molecular formula is C9H9N3O4. The maximum Gasteiger partial charge on any atom is 0.359 e. The summed E-state index contributed by atoms with van der Waals surface area (Å²) in [5, 5.41) is 6.61. The summed E-state index contributed by atoms with van der Waals surface area (Å²) in [7, 11) is 0. The summed E-state index contributed by atoms with van der Waals surface area (Å²) >= 11 is 0. The van der Waals surface area contributed by atoms with Crippen molar-refractivity contribution in [2.75, 3.05) is 6.54 Å². The van der Waals surface area contributed by atoms with Crippen LogP contribution in [0.15, 0.2) is 28.0 Å². The maximum atomic E-state index is 11.2. The molecule has 3 amide bonds. The van der Waals surface area contributed by atoms with Gasteiger partial charge in [0.25, 0.3) is 0 Å². The molecular weight excluding hydrogens is 214 g/mol. The molecule has 0 spiro atoms. The highest BCUT2D eigenvalue weighted by Gasteiger charge is 2.24. The van der Waals surface area contributed by atoms with Gasteiger partial charge in [0.05, 0.1) is 12.8 Å². The fourth-order valence-electron chi connectivity index (χ4n) is 1.12. The summed E-state index contributed by atoms with van der Waals surface area (Å²) in [6, 6.07) is 2.77. The van der Waals surface area contributed by atoms with Gasteiger partial charge in [-0.05, 0) is 12.1 Å². The number of carbonyl (C=O) groups excluding carboxylic acids is 2. The lowest BCUT2D eigenvalue weighted by atomic mass is 10.3. The molecule has 1 aliphatic heterocycles.